The monoisotopic (exact) mass is 237 g/mol. The van der Waals surface area contributed by atoms with Crippen molar-refractivity contribution in [2.45, 2.75) is 38.9 Å². The number of primary amides is 1. The molecule has 1 rings (SSSR count). The van der Waals surface area contributed by atoms with E-state index in [0.29, 0.717) is 6.42 Å². The van der Waals surface area contributed by atoms with Crippen LogP contribution in [0.4, 0.5) is 4.79 Å². The molecule has 0 saturated heterocycles. The zero-order chi connectivity index (χ0) is 12.9. The first-order chi connectivity index (χ1) is 7.93. The normalized spacial score (nSPS) is 11.2. The lowest BCUT2D eigenvalue weighted by atomic mass is 9.97. The van der Waals surface area contributed by atoms with Gasteiger partial charge in [0.1, 0.15) is 5.60 Å². The number of hydrogen-bond donors (Lipinski definition) is 2. The summed E-state index contributed by atoms with van der Waals surface area (Å²) in [5.41, 5.74) is 6.42. The van der Waals surface area contributed by atoms with Gasteiger partial charge in [0.2, 0.25) is 0 Å². The maximum Gasteiger partial charge on any atom is 0.405 e. The highest BCUT2D eigenvalue weighted by Crippen LogP contribution is 2.18. The summed E-state index contributed by atoms with van der Waals surface area (Å²) in [5.74, 6) is 0. The zero-order valence-electron chi connectivity index (χ0n) is 10.3. The summed E-state index contributed by atoms with van der Waals surface area (Å²) in [7, 11) is 0. The summed E-state index contributed by atoms with van der Waals surface area (Å²) < 4.78 is 5.01. The molecule has 0 aliphatic heterocycles. The van der Waals surface area contributed by atoms with E-state index in [1.54, 1.807) is 0 Å². The number of benzene rings is 1. The van der Waals surface area contributed by atoms with Gasteiger partial charge in [-0.25, -0.2) is 4.79 Å². The van der Waals surface area contributed by atoms with E-state index in [0.717, 1.165) is 17.5 Å². The predicted molar refractivity (Wildman–Crippen MR) is 65.4 cm³/mol. The van der Waals surface area contributed by atoms with Crippen LogP contribution >= 0.6 is 0 Å². The fourth-order valence-electron chi connectivity index (χ4n) is 1.65. The first-order valence-electron chi connectivity index (χ1n) is 5.60. The first kappa shape index (κ1) is 13.5. The topological polar surface area (TPSA) is 72.6 Å². The number of hydrogen-bond acceptors (Lipinski definition) is 3. The molecule has 1 amide bonds. The number of carbonyl (C=O) groups excluding carboxylic acids is 1. The van der Waals surface area contributed by atoms with Crippen LogP contribution in [-0.4, -0.2) is 16.8 Å². The van der Waals surface area contributed by atoms with E-state index in [4.69, 9.17) is 15.6 Å². The highest BCUT2D eigenvalue weighted by molar-refractivity contribution is 5.65. The fraction of sp³-hybridized carbons (Fsp3) is 0.462. The molecule has 0 bridgehead atoms. The minimum absolute atomic E-state index is 0.0367. The summed E-state index contributed by atoms with van der Waals surface area (Å²) in [6.45, 7) is 3.69. The number of aliphatic hydroxyl groups is 1. The number of nitrogens with two attached hydrogens (primary N) is 1. The molecule has 0 aliphatic rings. The number of ether oxygens (including phenoxy) is 1. The van der Waals surface area contributed by atoms with Crippen LogP contribution in [0.2, 0.25) is 0 Å². The van der Waals surface area contributed by atoms with Crippen molar-refractivity contribution in [1.82, 2.24) is 0 Å². The average molecular weight is 237 g/mol. The summed E-state index contributed by atoms with van der Waals surface area (Å²) in [5, 5.41) is 9.02. The number of aliphatic hydroxyl groups excluding tert-OH is 1. The molecule has 4 nitrogen and oxygen atoms in total. The van der Waals surface area contributed by atoms with E-state index in [1.807, 2.05) is 38.1 Å². The molecule has 3 N–H and O–H groups in total. The third-order valence-electron chi connectivity index (χ3n) is 2.57. The Hall–Kier alpha value is -1.55. The number of aryl methyl sites for hydroxylation is 1. The Morgan fingerprint density at radius 3 is 2.65 bits per heavy atom. The second kappa shape index (κ2) is 5.68. The molecule has 0 saturated carbocycles. The molecular formula is C13H19NO3. The SMILES string of the molecule is CC(C)(CCc1cccc(CO)c1)OC(N)=O. The van der Waals surface area contributed by atoms with Crippen molar-refractivity contribution in [2.75, 3.05) is 0 Å². The maximum absolute atomic E-state index is 10.7. The molecule has 94 valence electrons. The fourth-order valence-corrected chi connectivity index (χ4v) is 1.65. The van der Waals surface area contributed by atoms with Gasteiger partial charge in [0.05, 0.1) is 6.61 Å². The van der Waals surface area contributed by atoms with Crippen molar-refractivity contribution >= 4 is 6.09 Å². The third kappa shape index (κ3) is 4.87. The van der Waals surface area contributed by atoms with Crippen molar-refractivity contribution < 1.29 is 14.6 Å². The number of carbonyl (C=O) groups is 1. The van der Waals surface area contributed by atoms with Crippen molar-refractivity contribution in [3.63, 3.8) is 0 Å². The summed E-state index contributed by atoms with van der Waals surface area (Å²) in [6, 6.07) is 7.71. The van der Waals surface area contributed by atoms with E-state index in [-0.39, 0.29) is 6.61 Å². The lowest BCUT2D eigenvalue weighted by Crippen LogP contribution is -2.31. The second-order valence-corrected chi connectivity index (χ2v) is 4.66. The van der Waals surface area contributed by atoms with Gasteiger partial charge in [-0.15, -0.1) is 0 Å². The highest BCUT2D eigenvalue weighted by Gasteiger charge is 2.21. The minimum atomic E-state index is -0.751. The lowest BCUT2D eigenvalue weighted by Gasteiger charge is -2.23. The molecule has 0 fully saturated rings. The Morgan fingerprint density at radius 2 is 2.06 bits per heavy atom. The van der Waals surface area contributed by atoms with Crippen LogP contribution in [0.25, 0.3) is 0 Å². The molecule has 0 spiro atoms. The van der Waals surface area contributed by atoms with Gasteiger partial charge in [-0.2, -0.15) is 0 Å². The quantitative estimate of drug-likeness (QED) is 0.822. The number of amides is 1. The van der Waals surface area contributed by atoms with E-state index >= 15 is 0 Å². The van der Waals surface area contributed by atoms with Crippen LogP contribution in [0, 0.1) is 0 Å². The first-order valence-corrected chi connectivity index (χ1v) is 5.60. The molecule has 0 heterocycles. The molecular weight excluding hydrogens is 218 g/mol. The third-order valence-corrected chi connectivity index (χ3v) is 2.57. The van der Waals surface area contributed by atoms with E-state index in [1.165, 1.54) is 0 Å². The smallest absolute Gasteiger partial charge is 0.405 e. The van der Waals surface area contributed by atoms with E-state index in [9.17, 15) is 4.79 Å². The average Bonchev–Trinajstić information content (AvgIpc) is 2.25. The minimum Gasteiger partial charge on any atom is -0.444 e. The summed E-state index contributed by atoms with van der Waals surface area (Å²) in [6.07, 6.45) is 0.706. The number of rotatable bonds is 5. The molecule has 0 unspecified atom stereocenters. The molecule has 17 heavy (non-hydrogen) atoms. The maximum atomic E-state index is 10.7. The van der Waals surface area contributed by atoms with E-state index < -0.39 is 11.7 Å². The van der Waals surface area contributed by atoms with Crippen molar-refractivity contribution in [3.8, 4) is 0 Å². The Morgan fingerprint density at radius 1 is 1.41 bits per heavy atom. The Kier molecular flexibility index (Phi) is 4.52. The van der Waals surface area contributed by atoms with Crippen molar-refractivity contribution in [3.05, 3.63) is 35.4 Å². The highest BCUT2D eigenvalue weighted by atomic mass is 16.6. The summed E-state index contributed by atoms with van der Waals surface area (Å²) >= 11 is 0. The molecule has 0 atom stereocenters. The van der Waals surface area contributed by atoms with Gasteiger partial charge in [-0.1, -0.05) is 24.3 Å². The van der Waals surface area contributed by atoms with Crippen LogP contribution in [-0.2, 0) is 17.8 Å². The van der Waals surface area contributed by atoms with Gasteiger partial charge in [-0.05, 0) is 37.8 Å². The van der Waals surface area contributed by atoms with Crippen LogP contribution in [0.15, 0.2) is 24.3 Å². The van der Waals surface area contributed by atoms with Gasteiger partial charge >= 0.3 is 6.09 Å². The summed E-state index contributed by atoms with van der Waals surface area (Å²) in [4.78, 5) is 10.7. The van der Waals surface area contributed by atoms with E-state index in [2.05, 4.69) is 0 Å². The molecule has 1 aromatic carbocycles. The standard InChI is InChI=1S/C13H19NO3/c1-13(2,17-12(14)16)7-6-10-4-3-5-11(8-10)9-15/h3-5,8,15H,6-7,9H2,1-2H3,(H2,14,16). The molecule has 0 aromatic heterocycles. The van der Waals surface area contributed by atoms with Crippen molar-refractivity contribution in [1.29, 1.82) is 0 Å². The Bertz CT molecular complexity index is 388. The Balaban J connectivity index is 2.57. The van der Waals surface area contributed by atoms with Gasteiger partial charge in [0, 0.05) is 0 Å². The molecule has 4 heteroatoms. The van der Waals surface area contributed by atoms with Crippen LogP contribution in [0.5, 0.6) is 0 Å². The van der Waals surface area contributed by atoms with Gasteiger partial charge < -0.3 is 15.6 Å². The molecule has 0 aliphatic carbocycles. The van der Waals surface area contributed by atoms with Crippen LogP contribution in [0.1, 0.15) is 31.4 Å². The molecule has 1 aromatic rings. The van der Waals surface area contributed by atoms with Gasteiger partial charge in [0.15, 0.2) is 0 Å². The van der Waals surface area contributed by atoms with Crippen LogP contribution < -0.4 is 5.73 Å². The Labute approximate surface area is 101 Å². The largest absolute Gasteiger partial charge is 0.444 e. The second-order valence-electron chi connectivity index (χ2n) is 4.66. The van der Waals surface area contributed by atoms with Gasteiger partial charge in [0.25, 0.3) is 0 Å². The lowest BCUT2D eigenvalue weighted by molar-refractivity contribution is 0.0394. The molecule has 0 radical (unpaired) electrons. The zero-order valence-corrected chi connectivity index (χ0v) is 10.3. The van der Waals surface area contributed by atoms with Crippen LogP contribution in [0.3, 0.4) is 0 Å². The van der Waals surface area contributed by atoms with Crippen molar-refractivity contribution in [2.24, 2.45) is 5.73 Å². The van der Waals surface area contributed by atoms with Gasteiger partial charge in [-0.3, -0.25) is 0 Å². The predicted octanol–water partition coefficient (Wildman–Crippen LogP) is 1.99.